The van der Waals surface area contributed by atoms with Crippen molar-refractivity contribution in [1.82, 2.24) is 5.32 Å². The zero-order chi connectivity index (χ0) is 17.9. The number of rotatable bonds is 6. The van der Waals surface area contributed by atoms with Crippen LogP contribution in [0.2, 0.25) is 0 Å². The van der Waals surface area contributed by atoms with Crippen molar-refractivity contribution in [3.8, 4) is 0 Å². The molecule has 0 bridgehead atoms. The Morgan fingerprint density at radius 3 is 2.04 bits per heavy atom. The normalized spacial score (nSPS) is 44.0. The summed E-state index contributed by atoms with van der Waals surface area (Å²) in [7, 11) is 0. The molecule has 0 spiro atoms. The first kappa shape index (κ1) is 20.2. The summed E-state index contributed by atoms with van der Waals surface area (Å²) in [6.45, 7) is 16.1. The lowest BCUT2D eigenvalue weighted by Crippen LogP contribution is -2.56. The molecule has 2 rings (SSSR count). The van der Waals surface area contributed by atoms with Gasteiger partial charge in [-0.05, 0) is 56.8 Å². The van der Waals surface area contributed by atoms with Crippen molar-refractivity contribution in [3.63, 3.8) is 0 Å². The van der Waals surface area contributed by atoms with E-state index in [1.165, 1.54) is 12.8 Å². The van der Waals surface area contributed by atoms with Crippen LogP contribution in [0.3, 0.4) is 0 Å². The van der Waals surface area contributed by atoms with E-state index in [1.54, 1.807) is 0 Å². The average molecular weight is 340 g/mol. The summed E-state index contributed by atoms with van der Waals surface area (Å²) in [6, 6.07) is 0.457. The molecule has 1 saturated heterocycles. The highest BCUT2D eigenvalue weighted by Gasteiger charge is 2.40. The fourth-order valence-electron chi connectivity index (χ4n) is 4.96. The summed E-state index contributed by atoms with van der Waals surface area (Å²) in [5.74, 6) is 2.53. The van der Waals surface area contributed by atoms with Crippen LogP contribution in [-0.4, -0.2) is 30.6 Å². The molecule has 1 saturated carbocycles. The van der Waals surface area contributed by atoms with Crippen molar-refractivity contribution in [3.05, 3.63) is 0 Å². The summed E-state index contributed by atoms with van der Waals surface area (Å²) in [5, 5.41) is 3.70. The van der Waals surface area contributed by atoms with Crippen molar-refractivity contribution < 1.29 is 9.47 Å². The van der Waals surface area contributed by atoms with Gasteiger partial charge in [0, 0.05) is 12.0 Å². The Morgan fingerprint density at radius 1 is 0.917 bits per heavy atom. The van der Waals surface area contributed by atoms with Crippen LogP contribution in [0.5, 0.6) is 0 Å². The Hall–Kier alpha value is -0.120. The van der Waals surface area contributed by atoms with Crippen LogP contribution in [0.4, 0.5) is 0 Å². The smallest absolute Gasteiger partial charge is 0.113 e. The van der Waals surface area contributed by atoms with Crippen LogP contribution >= 0.6 is 0 Å². The van der Waals surface area contributed by atoms with Gasteiger partial charge in [-0.1, -0.05) is 41.5 Å². The van der Waals surface area contributed by atoms with Crippen molar-refractivity contribution in [1.29, 1.82) is 0 Å². The molecule has 1 aliphatic carbocycles. The zero-order valence-electron chi connectivity index (χ0n) is 17.0. The topological polar surface area (TPSA) is 30.5 Å². The second-order valence-electron chi connectivity index (χ2n) is 8.83. The third-order valence-electron chi connectivity index (χ3n) is 6.35. The molecule has 6 unspecified atom stereocenters. The highest BCUT2D eigenvalue weighted by Crippen LogP contribution is 2.37. The lowest BCUT2D eigenvalue weighted by Gasteiger charge is -2.46. The first-order chi connectivity index (χ1) is 11.3. The molecule has 0 aromatic carbocycles. The third kappa shape index (κ3) is 4.95. The second kappa shape index (κ2) is 9.00. The number of hydrogen-bond donors (Lipinski definition) is 1. The van der Waals surface area contributed by atoms with Crippen LogP contribution < -0.4 is 5.32 Å². The summed E-state index contributed by atoms with van der Waals surface area (Å²) in [6.07, 6.45) is 7.06. The summed E-state index contributed by atoms with van der Waals surface area (Å²) in [4.78, 5) is 0. The van der Waals surface area contributed by atoms with E-state index in [-0.39, 0.29) is 6.23 Å². The SMILES string of the molecule is CCC(CC)OC1CC(C)NC(OC2C(C)CC(C)CC2C)C1C. The maximum absolute atomic E-state index is 6.68. The Morgan fingerprint density at radius 2 is 1.50 bits per heavy atom. The van der Waals surface area contributed by atoms with Gasteiger partial charge in [0.1, 0.15) is 6.23 Å². The monoisotopic (exact) mass is 339 g/mol. The standard InChI is InChI=1S/C21H41NO2/c1-8-18(9-2)23-19-12-16(6)22-21(17(19)7)24-20-14(4)10-13(3)11-15(20)5/h13-22H,8-12H2,1-7H3. The predicted molar refractivity (Wildman–Crippen MR) is 101 cm³/mol. The minimum Gasteiger partial charge on any atom is -0.375 e. The molecule has 1 N–H and O–H groups in total. The summed E-state index contributed by atoms with van der Waals surface area (Å²) < 4.78 is 13.1. The minimum atomic E-state index is 0.122. The van der Waals surface area contributed by atoms with E-state index in [2.05, 4.69) is 53.8 Å². The van der Waals surface area contributed by atoms with Gasteiger partial charge in [0.25, 0.3) is 0 Å². The second-order valence-corrected chi connectivity index (χ2v) is 8.83. The molecule has 0 aromatic heterocycles. The molecule has 142 valence electrons. The van der Waals surface area contributed by atoms with Gasteiger partial charge in [-0.25, -0.2) is 0 Å². The van der Waals surface area contributed by atoms with Gasteiger partial charge in [-0.3, -0.25) is 5.32 Å². The van der Waals surface area contributed by atoms with Crippen LogP contribution in [0, 0.1) is 23.7 Å². The molecule has 1 heterocycles. The van der Waals surface area contributed by atoms with Crippen molar-refractivity contribution >= 4 is 0 Å². The largest absolute Gasteiger partial charge is 0.375 e. The molecule has 3 nitrogen and oxygen atoms in total. The molecule has 0 aromatic rings. The molecular weight excluding hydrogens is 298 g/mol. The molecule has 2 fully saturated rings. The first-order valence-electron chi connectivity index (χ1n) is 10.4. The van der Waals surface area contributed by atoms with Gasteiger partial charge < -0.3 is 9.47 Å². The molecule has 1 aliphatic heterocycles. The molecule has 0 amide bonds. The fraction of sp³-hybridized carbons (Fsp3) is 1.00. The number of ether oxygens (including phenoxy) is 2. The quantitative estimate of drug-likeness (QED) is 0.739. The van der Waals surface area contributed by atoms with Crippen LogP contribution in [-0.2, 0) is 9.47 Å². The van der Waals surface area contributed by atoms with E-state index in [1.807, 2.05) is 0 Å². The van der Waals surface area contributed by atoms with Gasteiger partial charge >= 0.3 is 0 Å². The van der Waals surface area contributed by atoms with Gasteiger partial charge in [0.05, 0.1) is 18.3 Å². The molecule has 2 aliphatic rings. The summed E-state index contributed by atoms with van der Waals surface area (Å²) in [5.41, 5.74) is 0. The van der Waals surface area contributed by atoms with Gasteiger partial charge in [-0.2, -0.15) is 0 Å². The fourth-order valence-corrected chi connectivity index (χ4v) is 4.96. The minimum absolute atomic E-state index is 0.122. The van der Waals surface area contributed by atoms with E-state index < -0.39 is 0 Å². The molecule has 0 radical (unpaired) electrons. The predicted octanol–water partition coefficient (Wildman–Crippen LogP) is 4.99. The molecular formula is C21H41NO2. The van der Waals surface area contributed by atoms with Crippen molar-refractivity contribution in [2.24, 2.45) is 23.7 Å². The Balaban J connectivity index is 2.00. The highest BCUT2D eigenvalue weighted by atomic mass is 16.5. The van der Waals surface area contributed by atoms with Gasteiger partial charge in [-0.15, -0.1) is 0 Å². The lowest BCUT2D eigenvalue weighted by atomic mass is 9.75. The van der Waals surface area contributed by atoms with Gasteiger partial charge in [0.15, 0.2) is 0 Å². The highest BCUT2D eigenvalue weighted by molar-refractivity contribution is 4.89. The van der Waals surface area contributed by atoms with E-state index in [0.717, 1.165) is 25.2 Å². The maximum Gasteiger partial charge on any atom is 0.113 e. The summed E-state index contributed by atoms with van der Waals surface area (Å²) >= 11 is 0. The van der Waals surface area contributed by atoms with E-state index >= 15 is 0 Å². The zero-order valence-corrected chi connectivity index (χ0v) is 17.0. The van der Waals surface area contributed by atoms with Gasteiger partial charge in [0.2, 0.25) is 0 Å². The lowest BCUT2D eigenvalue weighted by molar-refractivity contribution is -0.169. The van der Waals surface area contributed by atoms with Crippen LogP contribution in [0.1, 0.15) is 80.6 Å². The van der Waals surface area contributed by atoms with Crippen LogP contribution in [0.15, 0.2) is 0 Å². The molecule has 24 heavy (non-hydrogen) atoms. The maximum atomic E-state index is 6.68. The number of nitrogens with one attached hydrogen (secondary N) is 1. The number of hydrogen-bond acceptors (Lipinski definition) is 3. The molecule has 6 atom stereocenters. The Labute approximate surface area is 150 Å². The van der Waals surface area contributed by atoms with Crippen LogP contribution in [0.25, 0.3) is 0 Å². The van der Waals surface area contributed by atoms with E-state index in [0.29, 0.717) is 42.1 Å². The van der Waals surface area contributed by atoms with E-state index in [9.17, 15) is 0 Å². The molecule has 3 heteroatoms. The van der Waals surface area contributed by atoms with E-state index in [4.69, 9.17) is 9.47 Å². The first-order valence-corrected chi connectivity index (χ1v) is 10.4. The third-order valence-corrected chi connectivity index (χ3v) is 6.35. The number of piperidine rings is 1. The average Bonchev–Trinajstić information content (AvgIpc) is 2.52. The Kier molecular flexibility index (Phi) is 7.58. The Bertz CT molecular complexity index is 359. The van der Waals surface area contributed by atoms with Crippen molar-refractivity contribution in [2.45, 2.75) is 111 Å². The van der Waals surface area contributed by atoms with Crippen molar-refractivity contribution in [2.75, 3.05) is 0 Å².